The number of hydrogen-bond donors (Lipinski definition) is 16. The van der Waals surface area contributed by atoms with E-state index in [9.17, 15) is 91.3 Å². The summed E-state index contributed by atoms with van der Waals surface area (Å²) in [5.74, 6) is -2.79. The van der Waals surface area contributed by atoms with Crippen LogP contribution in [-0.2, 0) is 28.4 Å². The minimum absolute atomic E-state index is 0.0868. The van der Waals surface area contributed by atoms with Crippen molar-refractivity contribution in [3.63, 3.8) is 0 Å². The Labute approximate surface area is 428 Å². The molecule has 0 aromatic heterocycles. The van der Waals surface area contributed by atoms with Gasteiger partial charge in [0.05, 0.1) is 31.5 Å². The summed E-state index contributed by atoms with van der Waals surface area (Å²) in [7, 11) is 0. The molecule has 0 saturated carbocycles. The number of phenols is 2. The Morgan fingerprint density at radius 2 is 1.05 bits per heavy atom. The molecular weight excluding hydrogens is 1020 g/mol. The van der Waals surface area contributed by atoms with E-state index in [1.807, 2.05) is 0 Å². The monoisotopic (exact) mass is 1080 g/mol. The maximum atomic E-state index is 13.0. The van der Waals surface area contributed by atoms with Crippen molar-refractivity contribution in [1.82, 2.24) is 0 Å². The third-order valence-electron chi connectivity index (χ3n) is 12.9. The number of phenolic OH excluding ortho intramolecular Hbond substituents is 2. The van der Waals surface area contributed by atoms with Crippen molar-refractivity contribution in [2.75, 3.05) is 26.4 Å². The van der Waals surface area contributed by atoms with Gasteiger partial charge in [-0.3, -0.25) is 4.79 Å². The Balaban J connectivity index is 1.02. The molecule has 2 aromatic carbocycles. The number of hydrogen-bond acceptors (Lipinski definition) is 27. The van der Waals surface area contributed by atoms with Crippen LogP contribution in [0.25, 0.3) is 28.7 Å². The average molecular weight is 1080 g/mol. The minimum Gasteiger partial charge on any atom is -0.508 e. The largest absolute Gasteiger partial charge is 0.510 e. The van der Waals surface area contributed by atoms with Gasteiger partial charge in [0, 0.05) is 17.7 Å². The van der Waals surface area contributed by atoms with Crippen molar-refractivity contribution in [2.24, 2.45) is 0 Å². The Morgan fingerprint density at radius 1 is 0.539 bits per heavy atom. The molecule has 4 fully saturated rings. The van der Waals surface area contributed by atoms with Crippen LogP contribution in [0.4, 0.5) is 0 Å². The van der Waals surface area contributed by atoms with Crippen LogP contribution < -0.4 is 19.6 Å². The number of fused-ring (bicyclic) bond motifs is 1. The fraction of sp³-hybridized carbons (Fsp3) is 0.500. The molecule has 8 rings (SSSR count). The van der Waals surface area contributed by atoms with Crippen LogP contribution in [-0.4, -0.2) is 242 Å². The molecule has 5 heterocycles. The number of aliphatic hydroxyl groups is 14. The smallest absolute Gasteiger partial charge is 0.508 e. The van der Waals surface area contributed by atoms with Crippen molar-refractivity contribution in [3.8, 4) is 51.4 Å². The number of benzene rings is 3. The van der Waals surface area contributed by atoms with Crippen LogP contribution in [0, 0.1) is 0 Å². The van der Waals surface area contributed by atoms with Crippen LogP contribution in [0.5, 0.6) is 28.7 Å². The van der Waals surface area contributed by atoms with Crippen LogP contribution in [0.1, 0.15) is 5.56 Å². The van der Waals surface area contributed by atoms with Gasteiger partial charge in [-0.15, -0.1) is 0 Å². The lowest BCUT2D eigenvalue weighted by Gasteiger charge is -2.45. The fourth-order valence-corrected chi connectivity index (χ4v) is 8.59. The molecule has 28 heteroatoms. The van der Waals surface area contributed by atoms with Crippen molar-refractivity contribution >= 4 is 12.0 Å². The maximum Gasteiger partial charge on any atom is 0.510 e. The zero-order valence-corrected chi connectivity index (χ0v) is 39.4. The number of esters is 1. The zero-order valence-electron chi connectivity index (χ0n) is 39.4. The molecule has 76 heavy (non-hydrogen) atoms. The predicted molar refractivity (Wildman–Crippen MR) is 247 cm³/mol. The minimum atomic E-state index is -2.11. The summed E-state index contributed by atoms with van der Waals surface area (Å²) in [6, 6.07) is 12.3. The molecule has 0 spiro atoms. The van der Waals surface area contributed by atoms with Crippen LogP contribution >= 0.6 is 0 Å². The van der Waals surface area contributed by atoms with E-state index in [1.165, 1.54) is 54.6 Å². The zero-order chi connectivity index (χ0) is 54.9. The summed E-state index contributed by atoms with van der Waals surface area (Å²) in [6.45, 7) is -3.21. The van der Waals surface area contributed by atoms with Crippen molar-refractivity contribution < 1.29 is 134 Å². The second-order valence-electron chi connectivity index (χ2n) is 18.1. The summed E-state index contributed by atoms with van der Waals surface area (Å²) in [5.41, 5.74) is -0.371. The molecule has 2 aromatic rings. The third-order valence-corrected chi connectivity index (χ3v) is 12.9. The summed E-state index contributed by atoms with van der Waals surface area (Å²) in [4.78, 5) is 23.7. The quantitative estimate of drug-likeness (QED) is 0.0283. The molecule has 416 valence electrons. The molecule has 0 unspecified atom stereocenters. The van der Waals surface area contributed by atoms with Gasteiger partial charge in [-0.05, 0) is 54.1 Å². The van der Waals surface area contributed by atoms with Crippen LogP contribution in [0.3, 0.4) is 0 Å². The molecule has 20 atom stereocenters. The first-order chi connectivity index (χ1) is 36.2. The Kier molecular flexibility index (Phi) is 17.8. The normalized spacial score (nSPS) is 36.0. The van der Waals surface area contributed by atoms with E-state index in [0.29, 0.717) is 0 Å². The summed E-state index contributed by atoms with van der Waals surface area (Å²) in [5, 5.41) is 167. The predicted octanol–water partition coefficient (Wildman–Crippen LogP) is -5.58. The molecule has 17 N–H and O–H groups in total. The Morgan fingerprint density at radius 3 is 1.64 bits per heavy atom. The molecule has 28 nitrogen and oxygen atoms in total. The number of aliphatic hydroxyl groups excluding tert-OH is 14. The van der Waals surface area contributed by atoms with Gasteiger partial charge in [0.15, 0.2) is 40.8 Å². The lowest BCUT2D eigenvalue weighted by atomic mass is 9.97. The van der Waals surface area contributed by atoms with Gasteiger partial charge in [0.1, 0.15) is 109 Å². The maximum absolute atomic E-state index is 13.0. The lowest BCUT2D eigenvalue weighted by Crippen LogP contribution is -2.65. The number of rotatable bonds is 16. The highest BCUT2D eigenvalue weighted by atomic mass is 16.8. The van der Waals surface area contributed by atoms with E-state index in [4.69, 9.17) is 47.0 Å². The number of aromatic hydroxyl groups is 2. The SMILES string of the molecule is O=c1cc2oc(-c3ccc(O)cc3)c(O[C@@H]3O[C@H](CO)[C@@H](O)[C@H](O)[C@H]3O[C@@H]3O[C@H](COC(=[OH+])C=Cc4ccc(O)c(O[C@@H]5O[C@H](CO)[C@@H](O)[C@H](O)[C@H]5O)c4)[C@@H](O)[C@H](O)[C@H]3O)cc-2c(O[C@@H]2O[C@H](CO)[C@@H](O)[C@H](O)[C@H]2O)c1. The summed E-state index contributed by atoms with van der Waals surface area (Å²) < 4.78 is 57.5. The highest BCUT2D eigenvalue weighted by molar-refractivity contribution is 5.88. The Bertz CT molecular complexity index is 2640. The van der Waals surface area contributed by atoms with E-state index >= 15 is 0 Å². The van der Waals surface area contributed by atoms with Crippen molar-refractivity contribution in [1.29, 1.82) is 0 Å². The molecule has 6 aliphatic rings. The van der Waals surface area contributed by atoms with Gasteiger partial charge >= 0.3 is 5.97 Å². The number of carbonyl (C=O) groups excluding carboxylic acids is 1. The highest BCUT2D eigenvalue weighted by Gasteiger charge is 2.53. The van der Waals surface area contributed by atoms with E-state index in [0.717, 1.165) is 18.2 Å². The molecule has 4 saturated heterocycles. The second-order valence-corrected chi connectivity index (χ2v) is 18.1. The summed E-state index contributed by atoms with van der Waals surface area (Å²) in [6.07, 6.45) is -33.8. The van der Waals surface area contributed by atoms with E-state index in [1.54, 1.807) is 0 Å². The van der Waals surface area contributed by atoms with Gasteiger partial charge in [-0.1, -0.05) is 6.07 Å². The van der Waals surface area contributed by atoms with Gasteiger partial charge in [-0.2, -0.15) is 0 Å². The Hall–Kier alpha value is -5.68. The topological polar surface area (TPSA) is 458 Å². The molecule has 5 aliphatic heterocycles. The van der Waals surface area contributed by atoms with E-state index in [-0.39, 0.29) is 51.2 Å². The third kappa shape index (κ3) is 11.9. The molecule has 1 aliphatic carbocycles. The van der Waals surface area contributed by atoms with Gasteiger partial charge < -0.3 is 134 Å². The van der Waals surface area contributed by atoms with Crippen molar-refractivity contribution in [3.05, 3.63) is 82.5 Å². The van der Waals surface area contributed by atoms with Crippen molar-refractivity contribution in [2.45, 2.75) is 123 Å². The summed E-state index contributed by atoms with van der Waals surface area (Å²) >= 11 is 0. The van der Waals surface area contributed by atoms with E-state index < -0.39 is 166 Å². The van der Waals surface area contributed by atoms with Gasteiger partial charge in [0.25, 0.3) is 0 Å². The molecule has 0 amide bonds. The lowest BCUT2D eigenvalue weighted by molar-refractivity contribution is -0.357. The molecular formula is C48H57O28+. The first-order valence-electron chi connectivity index (χ1n) is 23.4. The van der Waals surface area contributed by atoms with E-state index in [2.05, 4.69) is 0 Å². The van der Waals surface area contributed by atoms with Gasteiger partial charge in [0.2, 0.25) is 25.5 Å². The standard InChI is InChI=1S/C48H56O28/c49-13-27-32(56)36(60)40(64)45(72-27)69-24-11-20(53)10-23-21(24)12-26(43(68-23)18-3-5-19(52)6-4-18)71-48-44(39(63)34(58)29(15-51)74-48)76-47-42(66)38(62)35(59)30(75-47)16-67-31(55)8-2-17-1-7-22(54)25(9-17)70-46-41(65)37(61)33(57)28(14-50)73-46/h1-12,27-30,32-42,44-52,54,56-66H,13-16H2/p+1/t27-,28-,29-,30-,32-,33-,34-,35-,36+,37+,38+,39+,40-,41-,42-,44-,45-,46-,47+,48-/m1/s1. The first-order valence-corrected chi connectivity index (χ1v) is 23.4. The first kappa shape index (κ1) is 56.5. The molecule has 0 bridgehead atoms. The van der Waals surface area contributed by atoms with Crippen LogP contribution in [0.15, 0.2) is 76.0 Å². The van der Waals surface area contributed by atoms with Crippen LogP contribution in [0.2, 0.25) is 0 Å². The van der Waals surface area contributed by atoms with Gasteiger partial charge in [-0.25, -0.2) is 0 Å². The highest BCUT2D eigenvalue weighted by Crippen LogP contribution is 2.44. The fourth-order valence-electron chi connectivity index (χ4n) is 8.59. The number of ether oxygens (including phenoxy) is 9. The molecule has 0 radical (unpaired) electrons. The second kappa shape index (κ2) is 23.9. The average Bonchev–Trinajstić information content (AvgIpc) is 3.41.